The van der Waals surface area contributed by atoms with Crippen molar-refractivity contribution < 1.29 is 31.5 Å². The number of anilines is 1. The highest BCUT2D eigenvalue weighted by Gasteiger charge is 2.31. The fraction of sp³-hybridized carbons (Fsp3) is 0.143. The summed E-state index contributed by atoms with van der Waals surface area (Å²) in [5.74, 6) is -1.08. The number of pyridine rings is 1. The smallest absolute Gasteiger partial charge is 0.417 e. The maximum Gasteiger partial charge on any atom is 0.417 e. The van der Waals surface area contributed by atoms with E-state index in [0.717, 1.165) is 6.07 Å². The van der Waals surface area contributed by atoms with Crippen LogP contribution in [0.1, 0.15) is 11.1 Å². The number of alkyl halides is 3. The second-order valence-corrected chi connectivity index (χ2v) is 6.39. The van der Waals surface area contributed by atoms with Crippen LogP contribution in [0.25, 0.3) is 0 Å². The molecule has 0 fully saturated rings. The molecule has 0 unspecified atom stereocenters. The van der Waals surface area contributed by atoms with Gasteiger partial charge in [-0.2, -0.15) is 21.6 Å². The van der Waals surface area contributed by atoms with Gasteiger partial charge in [0, 0.05) is 11.9 Å². The minimum atomic E-state index is -4.62. The SMILES string of the molecule is O=C(O)Cc1cccc(NS(=O)(=O)c2ccc(C(F)(F)F)cn2)c1. The molecule has 128 valence electrons. The summed E-state index contributed by atoms with van der Waals surface area (Å²) in [6.07, 6.45) is -4.49. The summed E-state index contributed by atoms with van der Waals surface area (Å²) in [6.45, 7) is 0. The number of sulfonamides is 1. The van der Waals surface area contributed by atoms with Gasteiger partial charge < -0.3 is 5.11 Å². The van der Waals surface area contributed by atoms with Crippen LogP contribution in [0, 0.1) is 0 Å². The van der Waals surface area contributed by atoms with Crippen LogP contribution in [0.5, 0.6) is 0 Å². The van der Waals surface area contributed by atoms with Crippen LogP contribution >= 0.6 is 0 Å². The van der Waals surface area contributed by atoms with Crippen molar-refractivity contribution in [2.45, 2.75) is 17.6 Å². The molecule has 1 aromatic carbocycles. The predicted octanol–water partition coefficient (Wildman–Crippen LogP) is 2.53. The Labute approximate surface area is 135 Å². The summed E-state index contributed by atoms with van der Waals surface area (Å²) in [5, 5.41) is 8.14. The van der Waals surface area contributed by atoms with Gasteiger partial charge in [0.2, 0.25) is 0 Å². The zero-order valence-electron chi connectivity index (χ0n) is 11.9. The predicted molar refractivity (Wildman–Crippen MR) is 77.8 cm³/mol. The van der Waals surface area contributed by atoms with Crippen molar-refractivity contribution in [3.05, 3.63) is 53.7 Å². The molecule has 0 aliphatic rings. The minimum absolute atomic E-state index is 0.0791. The van der Waals surface area contributed by atoms with Gasteiger partial charge in [-0.1, -0.05) is 12.1 Å². The Hall–Kier alpha value is -2.62. The Morgan fingerprint density at radius 2 is 1.92 bits per heavy atom. The van der Waals surface area contributed by atoms with Crippen molar-refractivity contribution in [2.24, 2.45) is 0 Å². The summed E-state index contributed by atoms with van der Waals surface area (Å²) in [5.41, 5.74) is -0.622. The fourth-order valence-electron chi connectivity index (χ4n) is 1.83. The van der Waals surface area contributed by atoms with Gasteiger partial charge in [0.15, 0.2) is 5.03 Å². The highest BCUT2D eigenvalue weighted by Crippen LogP contribution is 2.29. The van der Waals surface area contributed by atoms with Crippen LogP contribution in [0.2, 0.25) is 0 Å². The molecule has 0 radical (unpaired) electrons. The molecule has 2 N–H and O–H groups in total. The van der Waals surface area contributed by atoms with Crippen LogP contribution in [-0.4, -0.2) is 24.5 Å². The fourth-order valence-corrected chi connectivity index (χ4v) is 2.81. The van der Waals surface area contributed by atoms with Crippen LogP contribution in [0.15, 0.2) is 47.6 Å². The number of benzene rings is 1. The molecule has 6 nitrogen and oxygen atoms in total. The normalized spacial score (nSPS) is 12.0. The first kappa shape index (κ1) is 17.7. The molecule has 0 amide bonds. The van der Waals surface area contributed by atoms with E-state index >= 15 is 0 Å². The molecule has 0 spiro atoms. The standard InChI is InChI=1S/C14H11F3N2O4S/c15-14(16,17)10-4-5-12(18-8-10)24(22,23)19-11-3-1-2-9(6-11)7-13(20)21/h1-6,8,19H,7H2,(H,20,21). The summed E-state index contributed by atoms with van der Waals surface area (Å²) in [4.78, 5) is 14.0. The number of carboxylic acids is 1. The van der Waals surface area contributed by atoms with Gasteiger partial charge in [0.25, 0.3) is 10.0 Å². The van der Waals surface area contributed by atoms with Gasteiger partial charge in [-0.15, -0.1) is 0 Å². The van der Waals surface area contributed by atoms with Gasteiger partial charge >= 0.3 is 12.1 Å². The van der Waals surface area contributed by atoms with Crippen molar-refractivity contribution in [3.8, 4) is 0 Å². The van der Waals surface area contributed by atoms with Crippen molar-refractivity contribution in [2.75, 3.05) is 4.72 Å². The number of aromatic nitrogens is 1. The Kier molecular flexibility index (Phi) is 4.78. The van der Waals surface area contributed by atoms with E-state index in [2.05, 4.69) is 9.71 Å². The zero-order valence-corrected chi connectivity index (χ0v) is 12.7. The number of carboxylic acid groups (broad SMARTS) is 1. The Morgan fingerprint density at radius 3 is 2.46 bits per heavy atom. The van der Waals surface area contributed by atoms with Gasteiger partial charge in [0.05, 0.1) is 12.0 Å². The lowest BCUT2D eigenvalue weighted by molar-refractivity contribution is -0.138. The second kappa shape index (κ2) is 6.48. The van der Waals surface area contributed by atoms with Crippen molar-refractivity contribution in [3.63, 3.8) is 0 Å². The number of nitrogens with one attached hydrogen (secondary N) is 1. The monoisotopic (exact) mass is 360 g/mol. The van der Waals surface area contributed by atoms with Gasteiger partial charge in [-0.3, -0.25) is 9.52 Å². The summed E-state index contributed by atoms with van der Waals surface area (Å²) in [7, 11) is -4.20. The number of halogens is 3. The third-order valence-electron chi connectivity index (χ3n) is 2.87. The van der Waals surface area contributed by atoms with Crippen molar-refractivity contribution >= 4 is 21.7 Å². The van der Waals surface area contributed by atoms with Gasteiger partial charge in [0.1, 0.15) is 0 Å². The third kappa shape index (κ3) is 4.44. The van der Waals surface area contributed by atoms with Crippen LogP contribution < -0.4 is 4.72 Å². The zero-order chi connectivity index (χ0) is 18.0. The maximum atomic E-state index is 12.5. The van der Waals surface area contributed by atoms with Gasteiger partial charge in [-0.25, -0.2) is 4.98 Å². The number of nitrogens with zero attached hydrogens (tertiary/aromatic N) is 1. The largest absolute Gasteiger partial charge is 0.481 e. The summed E-state index contributed by atoms with van der Waals surface area (Å²) in [6, 6.07) is 7.01. The highest BCUT2D eigenvalue weighted by atomic mass is 32.2. The lowest BCUT2D eigenvalue weighted by atomic mass is 10.1. The molecule has 1 aromatic heterocycles. The Balaban J connectivity index is 2.24. The molecule has 2 rings (SSSR count). The van der Waals surface area contributed by atoms with Crippen molar-refractivity contribution in [1.82, 2.24) is 4.98 Å². The molecule has 0 saturated heterocycles. The maximum absolute atomic E-state index is 12.5. The van der Waals surface area contributed by atoms with E-state index in [1.54, 1.807) is 0 Å². The molecule has 0 atom stereocenters. The topological polar surface area (TPSA) is 96.4 Å². The molecule has 0 saturated carbocycles. The lowest BCUT2D eigenvalue weighted by Crippen LogP contribution is -2.15. The molecular formula is C14H11F3N2O4S. The Morgan fingerprint density at radius 1 is 1.21 bits per heavy atom. The average molecular weight is 360 g/mol. The van der Waals surface area contributed by atoms with Gasteiger partial charge in [-0.05, 0) is 29.8 Å². The minimum Gasteiger partial charge on any atom is -0.481 e. The molecule has 1 heterocycles. The first-order valence-corrected chi connectivity index (χ1v) is 7.93. The molecule has 0 aliphatic carbocycles. The van der Waals surface area contributed by atoms with Crippen LogP contribution in [0.3, 0.4) is 0 Å². The summed E-state index contributed by atoms with van der Waals surface area (Å²) < 4.78 is 63.8. The number of rotatable bonds is 5. The quantitative estimate of drug-likeness (QED) is 0.854. The third-order valence-corrected chi connectivity index (χ3v) is 4.17. The van der Waals surface area contributed by atoms with E-state index in [4.69, 9.17) is 5.11 Å². The van der Waals surface area contributed by atoms with E-state index < -0.39 is 32.8 Å². The molecule has 0 bridgehead atoms. The van der Waals surface area contributed by atoms with E-state index in [9.17, 15) is 26.4 Å². The number of hydrogen-bond donors (Lipinski definition) is 2. The number of carbonyl (C=O) groups is 1. The van der Waals surface area contributed by atoms with E-state index in [1.807, 2.05) is 0 Å². The summed E-state index contributed by atoms with van der Waals surface area (Å²) >= 11 is 0. The molecule has 0 aliphatic heterocycles. The van der Waals surface area contributed by atoms with Crippen molar-refractivity contribution in [1.29, 1.82) is 0 Å². The molecular weight excluding hydrogens is 349 g/mol. The molecule has 24 heavy (non-hydrogen) atoms. The van der Waals surface area contributed by atoms with Crippen LogP contribution in [-0.2, 0) is 27.4 Å². The second-order valence-electron chi connectivity index (χ2n) is 4.76. The molecule has 2 aromatic rings. The lowest BCUT2D eigenvalue weighted by Gasteiger charge is -2.10. The highest BCUT2D eigenvalue weighted by molar-refractivity contribution is 7.92. The van der Waals surface area contributed by atoms with E-state index in [-0.39, 0.29) is 12.1 Å². The first-order chi connectivity index (χ1) is 11.1. The van der Waals surface area contributed by atoms with E-state index in [0.29, 0.717) is 17.8 Å². The number of hydrogen-bond acceptors (Lipinski definition) is 4. The first-order valence-electron chi connectivity index (χ1n) is 6.45. The average Bonchev–Trinajstić information content (AvgIpc) is 2.45. The molecule has 10 heteroatoms. The number of aliphatic carboxylic acids is 1. The van der Waals surface area contributed by atoms with Crippen LogP contribution in [0.4, 0.5) is 18.9 Å². The van der Waals surface area contributed by atoms with E-state index in [1.165, 1.54) is 24.3 Å². The Bertz CT molecular complexity index is 849.